The summed E-state index contributed by atoms with van der Waals surface area (Å²) in [6.07, 6.45) is 0. The number of hydrogen-bond acceptors (Lipinski definition) is 1. The number of benzene rings is 1. The first-order valence-corrected chi connectivity index (χ1v) is 5.90. The number of carbonyl (C=O) groups excluding carboxylic acids is 1. The third-order valence-electron chi connectivity index (χ3n) is 2.16. The fourth-order valence-corrected chi connectivity index (χ4v) is 3.83. The molecular weight excluding hydrogens is 227 g/mol. The molecule has 0 spiro atoms. The topological polar surface area (TPSA) is 17.1 Å². The van der Waals surface area contributed by atoms with Crippen LogP contribution in [0.4, 0.5) is 0 Å². The van der Waals surface area contributed by atoms with Gasteiger partial charge in [0.2, 0.25) is 0 Å². The monoisotopic (exact) mass is 238 g/mol. The van der Waals surface area contributed by atoms with Crippen molar-refractivity contribution in [3.05, 3.63) is 34.3 Å². The number of Topliss-reactive ketones (excluding diaryl/α,β-unsaturated/α-hetero) is 1. The first-order valence-electron chi connectivity index (χ1n) is 4.19. The summed E-state index contributed by atoms with van der Waals surface area (Å²) < 4.78 is 2.38. The zero-order chi connectivity index (χ0) is 9.42. The predicted molar refractivity (Wildman–Crippen MR) is 55.6 cm³/mol. The van der Waals surface area contributed by atoms with Crippen molar-refractivity contribution in [3.8, 4) is 0 Å². The van der Waals surface area contributed by atoms with E-state index in [2.05, 4.69) is 12.1 Å². The fraction of sp³-hybridized carbons (Fsp3) is 0.182. The summed E-state index contributed by atoms with van der Waals surface area (Å²) in [5.41, 5.74) is 1.18. The van der Waals surface area contributed by atoms with Crippen molar-refractivity contribution >= 4 is 29.9 Å². The standard InChI is InChI=1S/C11H10OSe/c1-7-9-5-3-4-6-10(9)13-11(7)8(2)12/h3-6H,1-2H3. The van der Waals surface area contributed by atoms with Gasteiger partial charge in [0.25, 0.3) is 0 Å². The van der Waals surface area contributed by atoms with E-state index in [1.54, 1.807) is 6.92 Å². The van der Waals surface area contributed by atoms with Gasteiger partial charge < -0.3 is 0 Å². The second-order valence-electron chi connectivity index (χ2n) is 3.11. The van der Waals surface area contributed by atoms with Crippen molar-refractivity contribution in [2.24, 2.45) is 0 Å². The average molecular weight is 237 g/mol. The van der Waals surface area contributed by atoms with Gasteiger partial charge in [0.05, 0.1) is 0 Å². The van der Waals surface area contributed by atoms with E-state index in [0.29, 0.717) is 0 Å². The number of hydrogen-bond donors (Lipinski definition) is 0. The molecule has 1 aromatic carbocycles. The minimum atomic E-state index is 0.230. The zero-order valence-corrected chi connectivity index (χ0v) is 9.34. The molecule has 0 aliphatic heterocycles. The molecule has 0 fully saturated rings. The molecule has 1 aromatic heterocycles. The number of aryl methyl sites for hydroxylation is 1. The second kappa shape index (κ2) is 3.13. The molecule has 2 aromatic rings. The second-order valence-corrected chi connectivity index (χ2v) is 5.32. The maximum atomic E-state index is 11.3. The molecule has 0 bridgehead atoms. The number of carbonyl (C=O) groups is 1. The van der Waals surface area contributed by atoms with E-state index >= 15 is 0 Å². The molecule has 0 N–H and O–H groups in total. The molecule has 0 aliphatic rings. The molecular formula is C11H10OSe. The third-order valence-corrected chi connectivity index (χ3v) is 5.05. The van der Waals surface area contributed by atoms with Crippen LogP contribution < -0.4 is 0 Å². The average Bonchev–Trinajstić information content (AvgIpc) is 2.45. The summed E-state index contributed by atoms with van der Waals surface area (Å²) in [6.45, 7) is 3.71. The molecule has 1 nitrogen and oxygen atoms in total. The Hall–Kier alpha value is -0.851. The van der Waals surface area contributed by atoms with Crippen LogP contribution in [0.2, 0.25) is 0 Å². The van der Waals surface area contributed by atoms with Crippen molar-refractivity contribution in [2.75, 3.05) is 0 Å². The Morgan fingerprint density at radius 2 is 2.00 bits per heavy atom. The molecule has 0 amide bonds. The van der Waals surface area contributed by atoms with Crippen molar-refractivity contribution in [1.29, 1.82) is 0 Å². The van der Waals surface area contributed by atoms with Crippen molar-refractivity contribution in [3.63, 3.8) is 0 Å². The van der Waals surface area contributed by atoms with E-state index in [-0.39, 0.29) is 20.3 Å². The molecule has 1 heterocycles. The van der Waals surface area contributed by atoms with Crippen LogP contribution in [0.15, 0.2) is 24.3 Å². The molecule has 0 atom stereocenters. The molecule has 0 unspecified atom stereocenters. The van der Waals surface area contributed by atoms with Crippen LogP contribution in [-0.4, -0.2) is 20.3 Å². The van der Waals surface area contributed by atoms with Crippen LogP contribution in [0, 0.1) is 6.92 Å². The van der Waals surface area contributed by atoms with E-state index in [9.17, 15) is 4.79 Å². The SMILES string of the molecule is CC(=O)c1[se]c2ccccc2c1C. The summed E-state index contributed by atoms with van der Waals surface area (Å²) in [5, 5.41) is 1.27. The van der Waals surface area contributed by atoms with Gasteiger partial charge in [-0.25, -0.2) is 0 Å². The van der Waals surface area contributed by atoms with E-state index in [4.69, 9.17) is 0 Å². The first-order chi connectivity index (χ1) is 6.20. The van der Waals surface area contributed by atoms with Gasteiger partial charge in [0, 0.05) is 0 Å². The summed E-state index contributed by atoms with van der Waals surface area (Å²) in [5.74, 6) is 0.230. The summed E-state index contributed by atoms with van der Waals surface area (Å²) in [6, 6.07) is 8.29. The van der Waals surface area contributed by atoms with Gasteiger partial charge in [-0.15, -0.1) is 0 Å². The van der Waals surface area contributed by atoms with Gasteiger partial charge in [-0.3, -0.25) is 0 Å². The van der Waals surface area contributed by atoms with Crippen LogP contribution >= 0.6 is 0 Å². The number of fused-ring (bicyclic) bond motifs is 1. The first kappa shape index (κ1) is 8.73. The minimum absolute atomic E-state index is 0.230. The van der Waals surface area contributed by atoms with Crippen LogP contribution in [0.1, 0.15) is 21.7 Å². The molecule has 0 saturated heterocycles. The van der Waals surface area contributed by atoms with Gasteiger partial charge in [0.15, 0.2) is 0 Å². The maximum absolute atomic E-state index is 11.3. The van der Waals surface area contributed by atoms with Gasteiger partial charge in [0.1, 0.15) is 0 Å². The molecule has 0 radical (unpaired) electrons. The molecule has 0 saturated carbocycles. The Labute approximate surface area is 83.1 Å². The zero-order valence-electron chi connectivity index (χ0n) is 7.63. The normalized spacial score (nSPS) is 10.6. The van der Waals surface area contributed by atoms with E-state index in [0.717, 1.165) is 4.44 Å². The number of rotatable bonds is 1. The van der Waals surface area contributed by atoms with Crippen LogP contribution in [0.3, 0.4) is 0 Å². The Kier molecular flexibility index (Phi) is 2.10. The van der Waals surface area contributed by atoms with E-state index in [1.165, 1.54) is 15.2 Å². The van der Waals surface area contributed by atoms with Crippen molar-refractivity contribution in [1.82, 2.24) is 0 Å². The van der Waals surface area contributed by atoms with E-state index < -0.39 is 0 Å². The molecule has 2 heteroatoms. The Morgan fingerprint density at radius 3 is 2.62 bits per heavy atom. The Morgan fingerprint density at radius 1 is 1.31 bits per heavy atom. The summed E-state index contributed by atoms with van der Waals surface area (Å²) in [7, 11) is 0. The van der Waals surface area contributed by atoms with Gasteiger partial charge in [-0.1, -0.05) is 0 Å². The predicted octanol–water partition coefficient (Wildman–Crippen LogP) is 2.41. The Balaban J connectivity index is 2.81. The molecule has 0 aliphatic carbocycles. The van der Waals surface area contributed by atoms with Gasteiger partial charge in [-0.05, 0) is 0 Å². The third kappa shape index (κ3) is 1.36. The van der Waals surface area contributed by atoms with Crippen LogP contribution in [0.5, 0.6) is 0 Å². The fourth-order valence-electron chi connectivity index (χ4n) is 1.51. The van der Waals surface area contributed by atoms with Crippen LogP contribution in [0.25, 0.3) is 9.65 Å². The Bertz CT molecular complexity index is 468. The van der Waals surface area contributed by atoms with Crippen molar-refractivity contribution < 1.29 is 4.79 Å². The summed E-state index contributed by atoms with van der Waals surface area (Å²) in [4.78, 5) is 11.3. The van der Waals surface area contributed by atoms with Crippen LogP contribution in [-0.2, 0) is 0 Å². The van der Waals surface area contributed by atoms with Gasteiger partial charge >= 0.3 is 82.8 Å². The van der Waals surface area contributed by atoms with Gasteiger partial charge in [-0.2, -0.15) is 0 Å². The molecule has 2 rings (SSSR count). The quantitative estimate of drug-likeness (QED) is 0.549. The van der Waals surface area contributed by atoms with E-state index in [1.807, 2.05) is 19.1 Å². The molecule has 66 valence electrons. The van der Waals surface area contributed by atoms with Crippen molar-refractivity contribution in [2.45, 2.75) is 13.8 Å². The molecule has 13 heavy (non-hydrogen) atoms. The summed E-state index contributed by atoms with van der Waals surface area (Å²) >= 11 is 0.243. The number of ketones is 1.